The summed E-state index contributed by atoms with van der Waals surface area (Å²) >= 11 is 0. The molecule has 22 heavy (non-hydrogen) atoms. The zero-order chi connectivity index (χ0) is 16.1. The van der Waals surface area contributed by atoms with Crippen molar-refractivity contribution in [2.24, 2.45) is 0 Å². The molecule has 0 saturated carbocycles. The molecule has 0 aliphatic carbocycles. The van der Waals surface area contributed by atoms with E-state index in [1.165, 1.54) is 7.11 Å². The summed E-state index contributed by atoms with van der Waals surface area (Å²) in [5.74, 6) is -0.480. The molecule has 7 heteroatoms. The fourth-order valence-electron chi connectivity index (χ4n) is 1.95. The SMILES string of the molecule is COCC(=O)Nc1ccc(C(=O)Nc2c(C)n[nH]c2C)cc1. The monoisotopic (exact) mass is 302 g/mol. The Morgan fingerprint density at radius 1 is 1.18 bits per heavy atom. The Hall–Kier alpha value is -2.67. The van der Waals surface area contributed by atoms with Gasteiger partial charge in [-0.3, -0.25) is 14.7 Å². The van der Waals surface area contributed by atoms with Crippen LogP contribution in [0.15, 0.2) is 24.3 Å². The average Bonchev–Trinajstić information content (AvgIpc) is 2.80. The maximum Gasteiger partial charge on any atom is 0.255 e. The summed E-state index contributed by atoms with van der Waals surface area (Å²) in [5, 5.41) is 12.3. The first-order chi connectivity index (χ1) is 10.5. The minimum Gasteiger partial charge on any atom is -0.375 e. The number of hydrogen-bond donors (Lipinski definition) is 3. The minimum absolute atomic E-state index is 0.0126. The fraction of sp³-hybridized carbons (Fsp3) is 0.267. The number of methoxy groups -OCH3 is 1. The molecule has 0 atom stereocenters. The Labute approximate surface area is 128 Å². The predicted molar refractivity (Wildman–Crippen MR) is 83.0 cm³/mol. The number of rotatable bonds is 5. The lowest BCUT2D eigenvalue weighted by molar-refractivity contribution is -0.119. The quantitative estimate of drug-likeness (QED) is 0.785. The van der Waals surface area contributed by atoms with Crippen LogP contribution in [0.4, 0.5) is 11.4 Å². The van der Waals surface area contributed by atoms with E-state index in [4.69, 9.17) is 4.74 Å². The van der Waals surface area contributed by atoms with Crippen molar-refractivity contribution in [1.82, 2.24) is 10.2 Å². The van der Waals surface area contributed by atoms with Gasteiger partial charge in [-0.1, -0.05) is 0 Å². The van der Waals surface area contributed by atoms with Crippen LogP contribution in [0.5, 0.6) is 0 Å². The molecule has 0 fully saturated rings. The number of aryl methyl sites for hydroxylation is 2. The van der Waals surface area contributed by atoms with E-state index in [-0.39, 0.29) is 18.4 Å². The van der Waals surface area contributed by atoms with Crippen LogP contribution in [0, 0.1) is 13.8 Å². The summed E-state index contributed by atoms with van der Waals surface area (Å²) in [6, 6.07) is 6.61. The molecule has 1 heterocycles. The molecule has 0 radical (unpaired) electrons. The Balaban J connectivity index is 2.04. The van der Waals surface area contributed by atoms with Gasteiger partial charge in [0.1, 0.15) is 6.61 Å². The van der Waals surface area contributed by atoms with Crippen LogP contribution in [0.25, 0.3) is 0 Å². The summed E-state index contributed by atoms with van der Waals surface area (Å²) in [7, 11) is 1.45. The predicted octanol–water partition coefficient (Wildman–Crippen LogP) is 1.86. The van der Waals surface area contributed by atoms with Crippen LogP contribution in [0.1, 0.15) is 21.7 Å². The van der Waals surface area contributed by atoms with Crippen LogP contribution in [0.2, 0.25) is 0 Å². The first-order valence-corrected chi connectivity index (χ1v) is 6.73. The molecular formula is C15H18N4O3. The van der Waals surface area contributed by atoms with Crippen molar-refractivity contribution in [3.8, 4) is 0 Å². The molecule has 0 spiro atoms. The number of ether oxygens (including phenoxy) is 1. The van der Waals surface area contributed by atoms with Gasteiger partial charge in [0.05, 0.1) is 17.1 Å². The maximum atomic E-state index is 12.2. The summed E-state index contributed by atoms with van der Waals surface area (Å²) in [5.41, 5.74) is 3.31. The second-order valence-corrected chi connectivity index (χ2v) is 4.82. The first kappa shape index (κ1) is 15.7. The van der Waals surface area contributed by atoms with Crippen LogP contribution in [-0.2, 0) is 9.53 Å². The van der Waals surface area contributed by atoms with E-state index in [0.717, 1.165) is 11.4 Å². The second-order valence-electron chi connectivity index (χ2n) is 4.82. The lowest BCUT2D eigenvalue weighted by Crippen LogP contribution is -2.17. The van der Waals surface area contributed by atoms with E-state index in [0.29, 0.717) is 16.9 Å². The maximum absolute atomic E-state index is 12.2. The van der Waals surface area contributed by atoms with Crippen LogP contribution in [-0.4, -0.2) is 35.7 Å². The fourth-order valence-corrected chi connectivity index (χ4v) is 1.95. The normalized spacial score (nSPS) is 10.3. The highest BCUT2D eigenvalue weighted by Gasteiger charge is 2.12. The van der Waals surface area contributed by atoms with E-state index < -0.39 is 0 Å². The van der Waals surface area contributed by atoms with Gasteiger partial charge in [0, 0.05) is 18.4 Å². The number of aromatic amines is 1. The number of nitrogens with one attached hydrogen (secondary N) is 3. The third-order valence-electron chi connectivity index (χ3n) is 3.07. The first-order valence-electron chi connectivity index (χ1n) is 6.73. The molecular weight excluding hydrogens is 284 g/mol. The van der Waals surface area contributed by atoms with E-state index in [1.807, 2.05) is 13.8 Å². The van der Waals surface area contributed by atoms with Crippen molar-refractivity contribution in [2.45, 2.75) is 13.8 Å². The number of hydrogen-bond acceptors (Lipinski definition) is 4. The molecule has 3 N–H and O–H groups in total. The third-order valence-corrected chi connectivity index (χ3v) is 3.07. The zero-order valence-corrected chi connectivity index (χ0v) is 12.7. The van der Waals surface area contributed by atoms with E-state index in [1.54, 1.807) is 24.3 Å². The third kappa shape index (κ3) is 3.70. The van der Waals surface area contributed by atoms with Gasteiger partial charge in [-0.2, -0.15) is 5.10 Å². The molecule has 2 aromatic rings. The van der Waals surface area contributed by atoms with E-state index in [9.17, 15) is 9.59 Å². The largest absolute Gasteiger partial charge is 0.375 e. The van der Waals surface area contributed by atoms with Gasteiger partial charge >= 0.3 is 0 Å². The molecule has 1 aromatic heterocycles. The highest BCUT2D eigenvalue weighted by molar-refractivity contribution is 6.05. The Morgan fingerprint density at radius 2 is 1.86 bits per heavy atom. The highest BCUT2D eigenvalue weighted by atomic mass is 16.5. The summed E-state index contributed by atoms with van der Waals surface area (Å²) < 4.78 is 4.73. The van der Waals surface area contributed by atoms with Gasteiger partial charge in [0.2, 0.25) is 5.91 Å². The molecule has 1 aromatic carbocycles. The van der Waals surface area contributed by atoms with Gasteiger partial charge in [0.25, 0.3) is 5.91 Å². The number of nitrogens with zero attached hydrogens (tertiary/aromatic N) is 1. The number of H-pyrrole nitrogens is 1. The van der Waals surface area contributed by atoms with Gasteiger partial charge in [-0.05, 0) is 38.1 Å². The minimum atomic E-state index is -0.246. The lowest BCUT2D eigenvalue weighted by Gasteiger charge is -2.07. The van der Waals surface area contributed by atoms with Crippen molar-refractivity contribution < 1.29 is 14.3 Å². The van der Waals surface area contributed by atoms with Gasteiger partial charge in [0.15, 0.2) is 0 Å². The number of carbonyl (C=O) groups is 2. The average molecular weight is 302 g/mol. The number of anilines is 2. The Bertz CT molecular complexity index is 657. The van der Waals surface area contributed by atoms with Gasteiger partial charge in [-0.15, -0.1) is 0 Å². The topological polar surface area (TPSA) is 96.1 Å². The number of aromatic nitrogens is 2. The number of carbonyl (C=O) groups excluding carboxylic acids is 2. The molecule has 7 nitrogen and oxygen atoms in total. The van der Waals surface area contributed by atoms with Crippen LogP contribution in [0.3, 0.4) is 0 Å². The molecule has 0 saturated heterocycles. The van der Waals surface area contributed by atoms with Crippen molar-refractivity contribution in [2.75, 3.05) is 24.4 Å². The van der Waals surface area contributed by atoms with Crippen molar-refractivity contribution in [3.63, 3.8) is 0 Å². The summed E-state index contributed by atoms with van der Waals surface area (Å²) in [6.07, 6.45) is 0. The van der Waals surface area contributed by atoms with Crippen LogP contribution < -0.4 is 10.6 Å². The van der Waals surface area contributed by atoms with Crippen molar-refractivity contribution in [3.05, 3.63) is 41.2 Å². The molecule has 0 unspecified atom stereocenters. The zero-order valence-electron chi connectivity index (χ0n) is 12.7. The van der Waals surface area contributed by atoms with E-state index in [2.05, 4.69) is 20.8 Å². The number of amides is 2. The number of benzene rings is 1. The molecule has 2 rings (SSSR count). The molecule has 116 valence electrons. The van der Waals surface area contributed by atoms with Crippen molar-refractivity contribution >= 4 is 23.2 Å². The standard InChI is InChI=1S/C15H18N4O3/c1-9-14(10(2)19-18-9)17-15(21)11-4-6-12(7-5-11)16-13(20)8-22-3/h4-7H,8H2,1-3H3,(H,16,20)(H,17,21)(H,18,19). The summed E-state index contributed by atoms with van der Waals surface area (Å²) in [4.78, 5) is 23.6. The highest BCUT2D eigenvalue weighted by Crippen LogP contribution is 2.18. The Kier molecular flexibility index (Phi) is 4.90. The molecule has 2 amide bonds. The van der Waals surface area contributed by atoms with Gasteiger partial charge in [-0.25, -0.2) is 0 Å². The second kappa shape index (κ2) is 6.86. The summed E-state index contributed by atoms with van der Waals surface area (Å²) in [6.45, 7) is 3.64. The molecule has 0 aliphatic heterocycles. The Morgan fingerprint density at radius 3 is 2.41 bits per heavy atom. The van der Waals surface area contributed by atoms with Crippen LogP contribution >= 0.6 is 0 Å². The van der Waals surface area contributed by atoms with Gasteiger partial charge < -0.3 is 15.4 Å². The smallest absolute Gasteiger partial charge is 0.255 e. The van der Waals surface area contributed by atoms with E-state index >= 15 is 0 Å². The lowest BCUT2D eigenvalue weighted by atomic mass is 10.2. The van der Waals surface area contributed by atoms with Crippen molar-refractivity contribution in [1.29, 1.82) is 0 Å². The molecule has 0 aliphatic rings. The molecule has 0 bridgehead atoms.